The van der Waals surface area contributed by atoms with Gasteiger partial charge in [-0.1, -0.05) is 35.6 Å². The lowest BCUT2D eigenvalue weighted by Gasteiger charge is -2.25. The van der Waals surface area contributed by atoms with Crippen LogP contribution in [0.2, 0.25) is 0 Å². The predicted molar refractivity (Wildman–Crippen MR) is 166 cm³/mol. The Hall–Kier alpha value is -5.03. The molecule has 0 aliphatic carbocycles. The Bertz CT molecular complexity index is 1890. The summed E-state index contributed by atoms with van der Waals surface area (Å²) in [4.78, 5) is 42.7. The third kappa shape index (κ3) is 6.63. The van der Waals surface area contributed by atoms with Gasteiger partial charge >= 0.3 is 5.97 Å². The van der Waals surface area contributed by atoms with Gasteiger partial charge in [0.05, 0.1) is 39.5 Å². The number of benzene rings is 3. The van der Waals surface area contributed by atoms with Crippen molar-refractivity contribution in [3.05, 3.63) is 131 Å². The number of allylic oxidation sites excluding steroid dienone is 1. The molecule has 1 atom stereocenters. The normalized spacial score (nSPS) is 14.7. The van der Waals surface area contributed by atoms with Gasteiger partial charge in [-0.2, -0.15) is 0 Å². The highest BCUT2D eigenvalue weighted by Crippen LogP contribution is 2.32. The number of aromatic nitrogens is 1. The van der Waals surface area contributed by atoms with Crippen LogP contribution in [-0.2, 0) is 16.1 Å². The number of nitro groups is 1. The molecular formula is C33H31N3O7S. The van der Waals surface area contributed by atoms with Crippen molar-refractivity contribution in [2.45, 2.75) is 46.4 Å². The number of ether oxygens (including phenoxy) is 3. The van der Waals surface area contributed by atoms with Crippen molar-refractivity contribution >= 4 is 29.1 Å². The Morgan fingerprint density at radius 1 is 1.02 bits per heavy atom. The maximum absolute atomic E-state index is 13.9. The summed E-state index contributed by atoms with van der Waals surface area (Å²) in [5.41, 5.74) is 2.89. The SMILES string of the molecule is CCOc1ccc([C@H]2C(C(=O)OC(C)C)=C(C)N=c3s/c(=C/c4ccc(OCc5ccc([N+](=O)[O-])cc5)cc4)c(=O)n32)cc1. The zero-order valence-electron chi connectivity index (χ0n) is 24.7. The minimum absolute atomic E-state index is 0.0241. The van der Waals surface area contributed by atoms with Crippen molar-refractivity contribution in [3.8, 4) is 11.5 Å². The van der Waals surface area contributed by atoms with Gasteiger partial charge in [0.25, 0.3) is 11.2 Å². The quantitative estimate of drug-likeness (QED) is 0.139. The van der Waals surface area contributed by atoms with E-state index >= 15 is 0 Å². The molecule has 0 unspecified atom stereocenters. The molecule has 11 heteroatoms. The van der Waals surface area contributed by atoms with Gasteiger partial charge in [-0.05, 0) is 86.9 Å². The zero-order chi connectivity index (χ0) is 31.4. The fourth-order valence-corrected chi connectivity index (χ4v) is 5.83. The van der Waals surface area contributed by atoms with E-state index in [1.165, 1.54) is 23.5 Å². The lowest BCUT2D eigenvalue weighted by Crippen LogP contribution is -2.40. The summed E-state index contributed by atoms with van der Waals surface area (Å²) in [6.45, 7) is 7.99. The van der Waals surface area contributed by atoms with Crippen LogP contribution < -0.4 is 24.4 Å². The van der Waals surface area contributed by atoms with Gasteiger partial charge in [-0.15, -0.1) is 0 Å². The smallest absolute Gasteiger partial charge is 0.338 e. The van der Waals surface area contributed by atoms with Crippen LogP contribution in [0.4, 0.5) is 5.69 Å². The Balaban J connectivity index is 1.45. The number of carbonyl (C=O) groups is 1. The molecule has 0 saturated carbocycles. The second kappa shape index (κ2) is 13.1. The minimum atomic E-state index is -0.717. The Kier molecular flexibility index (Phi) is 9.05. The maximum Gasteiger partial charge on any atom is 0.338 e. The van der Waals surface area contributed by atoms with E-state index in [1.807, 2.05) is 43.3 Å². The van der Waals surface area contributed by atoms with Crippen molar-refractivity contribution in [2.24, 2.45) is 4.99 Å². The van der Waals surface area contributed by atoms with Crippen LogP contribution in [0.3, 0.4) is 0 Å². The Labute approximate surface area is 257 Å². The fraction of sp³-hybridized carbons (Fsp3) is 0.242. The summed E-state index contributed by atoms with van der Waals surface area (Å²) >= 11 is 1.25. The molecule has 0 spiro atoms. The van der Waals surface area contributed by atoms with Gasteiger partial charge < -0.3 is 14.2 Å². The standard InChI is InChI=1S/C33H31N3O7S/c1-5-41-26-16-10-24(11-17-26)30-29(32(38)43-20(2)3)21(4)34-33-35(30)31(37)28(44-33)18-22-8-14-27(15-9-22)42-19-23-6-12-25(13-7-23)36(39)40/h6-18,20,30H,5,19H2,1-4H3/b28-18+/t30-/m0/s1. The maximum atomic E-state index is 13.9. The van der Waals surface area contributed by atoms with Gasteiger partial charge in [0.15, 0.2) is 4.80 Å². The number of non-ortho nitro benzene ring substituents is 1. The molecule has 0 fully saturated rings. The molecule has 5 rings (SSSR count). The first kappa shape index (κ1) is 30.4. The van der Waals surface area contributed by atoms with E-state index in [0.717, 1.165) is 16.7 Å². The van der Waals surface area contributed by atoms with Crippen molar-refractivity contribution < 1.29 is 23.9 Å². The molecule has 1 aliphatic rings. The summed E-state index contributed by atoms with van der Waals surface area (Å²) < 4.78 is 19.0. The highest BCUT2D eigenvalue weighted by atomic mass is 32.1. The van der Waals surface area contributed by atoms with Gasteiger partial charge in [-0.3, -0.25) is 19.5 Å². The van der Waals surface area contributed by atoms with Gasteiger partial charge in [-0.25, -0.2) is 9.79 Å². The van der Waals surface area contributed by atoms with Gasteiger partial charge in [0.2, 0.25) is 0 Å². The first-order valence-corrected chi connectivity index (χ1v) is 14.9. The molecule has 0 saturated heterocycles. The summed E-state index contributed by atoms with van der Waals surface area (Å²) in [5.74, 6) is 0.788. The van der Waals surface area contributed by atoms with E-state index < -0.39 is 16.9 Å². The number of esters is 1. The Morgan fingerprint density at radius 2 is 1.66 bits per heavy atom. The first-order chi connectivity index (χ1) is 21.1. The topological polar surface area (TPSA) is 122 Å². The summed E-state index contributed by atoms with van der Waals surface area (Å²) in [7, 11) is 0. The summed E-state index contributed by atoms with van der Waals surface area (Å²) in [5, 5.41) is 10.9. The number of hydrogen-bond donors (Lipinski definition) is 0. The largest absolute Gasteiger partial charge is 0.494 e. The number of nitrogens with zero attached hydrogens (tertiary/aromatic N) is 3. The molecule has 10 nitrogen and oxygen atoms in total. The number of carbonyl (C=O) groups excluding carboxylic acids is 1. The fourth-order valence-electron chi connectivity index (χ4n) is 4.78. The second-order valence-electron chi connectivity index (χ2n) is 10.3. The molecule has 1 aromatic heterocycles. The van der Waals surface area contributed by atoms with Crippen molar-refractivity contribution in [2.75, 3.05) is 6.61 Å². The second-order valence-corrected chi connectivity index (χ2v) is 11.3. The number of nitro benzene ring substituents is 1. The number of hydrogen-bond acceptors (Lipinski definition) is 9. The summed E-state index contributed by atoms with van der Waals surface area (Å²) in [6, 6.07) is 20.1. The van der Waals surface area contributed by atoms with Crippen LogP contribution in [-0.4, -0.2) is 28.2 Å². The molecule has 44 heavy (non-hydrogen) atoms. The van der Waals surface area contributed by atoms with Crippen LogP contribution in [0.5, 0.6) is 11.5 Å². The molecule has 0 radical (unpaired) electrons. The molecule has 0 amide bonds. The molecule has 0 N–H and O–H groups in total. The lowest BCUT2D eigenvalue weighted by molar-refractivity contribution is -0.384. The summed E-state index contributed by atoms with van der Waals surface area (Å²) in [6.07, 6.45) is 1.44. The first-order valence-electron chi connectivity index (χ1n) is 14.1. The van der Waals surface area contributed by atoms with Crippen LogP contribution in [0.15, 0.2) is 93.9 Å². The zero-order valence-corrected chi connectivity index (χ0v) is 25.5. The number of fused-ring (bicyclic) bond motifs is 1. The van der Waals surface area contributed by atoms with Gasteiger partial charge in [0, 0.05) is 12.1 Å². The monoisotopic (exact) mass is 613 g/mol. The average molecular weight is 614 g/mol. The molecule has 1 aliphatic heterocycles. The molecule has 2 heterocycles. The average Bonchev–Trinajstić information content (AvgIpc) is 3.30. The molecular weight excluding hydrogens is 582 g/mol. The van der Waals surface area contributed by atoms with E-state index in [2.05, 4.69) is 4.99 Å². The predicted octanol–water partition coefficient (Wildman–Crippen LogP) is 5.07. The molecule has 226 valence electrons. The van der Waals surface area contributed by atoms with E-state index in [1.54, 1.807) is 55.7 Å². The van der Waals surface area contributed by atoms with Gasteiger partial charge in [0.1, 0.15) is 18.1 Å². The molecule has 0 bridgehead atoms. The highest BCUT2D eigenvalue weighted by Gasteiger charge is 2.33. The van der Waals surface area contributed by atoms with Crippen LogP contribution in [0.25, 0.3) is 6.08 Å². The number of rotatable bonds is 10. The van der Waals surface area contributed by atoms with E-state index in [-0.39, 0.29) is 24.0 Å². The van der Waals surface area contributed by atoms with E-state index in [4.69, 9.17) is 14.2 Å². The highest BCUT2D eigenvalue weighted by molar-refractivity contribution is 7.07. The third-order valence-electron chi connectivity index (χ3n) is 6.82. The van der Waals surface area contributed by atoms with Crippen molar-refractivity contribution in [3.63, 3.8) is 0 Å². The number of thiazole rings is 1. The van der Waals surface area contributed by atoms with Crippen LogP contribution in [0, 0.1) is 10.1 Å². The van der Waals surface area contributed by atoms with Crippen LogP contribution >= 0.6 is 11.3 Å². The lowest BCUT2D eigenvalue weighted by atomic mass is 9.96. The van der Waals surface area contributed by atoms with Crippen molar-refractivity contribution in [1.29, 1.82) is 0 Å². The van der Waals surface area contributed by atoms with Crippen LogP contribution in [0.1, 0.15) is 50.4 Å². The van der Waals surface area contributed by atoms with E-state index in [0.29, 0.717) is 38.7 Å². The van der Waals surface area contributed by atoms with E-state index in [9.17, 15) is 19.7 Å². The minimum Gasteiger partial charge on any atom is -0.494 e. The van der Waals surface area contributed by atoms with Crippen molar-refractivity contribution in [1.82, 2.24) is 4.57 Å². The third-order valence-corrected chi connectivity index (χ3v) is 7.80. The molecule has 3 aromatic carbocycles. The molecule has 4 aromatic rings. The Morgan fingerprint density at radius 3 is 2.27 bits per heavy atom.